The highest BCUT2D eigenvalue weighted by Gasteiger charge is 2.23. The first kappa shape index (κ1) is 14.9. The van der Waals surface area contributed by atoms with Crippen molar-refractivity contribution in [2.24, 2.45) is 0 Å². The van der Waals surface area contributed by atoms with Crippen LogP contribution in [-0.2, 0) is 14.8 Å². The maximum Gasteiger partial charge on any atom is 0.244 e. The second kappa shape index (κ2) is 5.69. The lowest BCUT2D eigenvalue weighted by Crippen LogP contribution is -2.30. The zero-order valence-corrected chi connectivity index (χ0v) is 12.0. The van der Waals surface area contributed by atoms with Gasteiger partial charge in [0.05, 0.1) is 12.3 Å². The molecule has 1 aromatic carbocycles. The third-order valence-electron chi connectivity index (χ3n) is 2.92. The van der Waals surface area contributed by atoms with Crippen LogP contribution >= 0.6 is 0 Å². The Hall–Kier alpha value is -1.11. The average molecular weight is 272 g/mol. The van der Waals surface area contributed by atoms with E-state index in [0.717, 1.165) is 11.1 Å². The van der Waals surface area contributed by atoms with Gasteiger partial charge in [-0.3, -0.25) is 0 Å². The summed E-state index contributed by atoms with van der Waals surface area (Å²) in [5.74, 6) is 0. The van der Waals surface area contributed by atoms with Crippen LogP contribution in [0.1, 0.15) is 11.1 Å². The van der Waals surface area contributed by atoms with Crippen molar-refractivity contribution in [1.29, 1.82) is 0 Å². The molecule has 18 heavy (non-hydrogen) atoms. The number of benzene rings is 1. The van der Waals surface area contributed by atoms with Gasteiger partial charge in [-0.15, -0.1) is 0 Å². The number of hydrogen-bond acceptors (Lipinski definition) is 4. The van der Waals surface area contributed by atoms with E-state index in [9.17, 15) is 8.42 Å². The van der Waals surface area contributed by atoms with Crippen LogP contribution in [-0.4, -0.2) is 40.0 Å². The lowest BCUT2D eigenvalue weighted by molar-refractivity contribution is 0.185. The number of aryl methyl sites for hydroxylation is 2. The minimum Gasteiger partial charge on any atom is -0.398 e. The summed E-state index contributed by atoms with van der Waals surface area (Å²) in [5.41, 5.74) is 7.97. The highest BCUT2D eigenvalue weighted by molar-refractivity contribution is 7.89. The van der Waals surface area contributed by atoms with Crippen molar-refractivity contribution >= 4 is 15.7 Å². The molecule has 1 aromatic rings. The van der Waals surface area contributed by atoms with Crippen LogP contribution in [0.4, 0.5) is 5.69 Å². The number of nitrogens with two attached hydrogens (primary N) is 1. The fourth-order valence-electron chi connectivity index (χ4n) is 1.54. The fraction of sp³-hybridized carbons (Fsp3) is 0.500. The molecule has 0 heterocycles. The van der Waals surface area contributed by atoms with E-state index in [4.69, 9.17) is 10.5 Å². The smallest absolute Gasteiger partial charge is 0.244 e. The summed E-state index contributed by atoms with van der Waals surface area (Å²) >= 11 is 0. The predicted molar refractivity (Wildman–Crippen MR) is 72.0 cm³/mol. The molecule has 0 bridgehead atoms. The summed E-state index contributed by atoms with van der Waals surface area (Å²) < 4.78 is 30.8. The summed E-state index contributed by atoms with van der Waals surface area (Å²) in [7, 11) is -0.503. The Morgan fingerprint density at radius 2 is 1.83 bits per heavy atom. The zero-order valence-electron chi connectivity index (χ0n) is 11.2. The first-order valence-electron chi connectivity index (χ1n) is 5.62. The van der Waals surface area contributed by atoms with E-state index in [-0.39, 0.29) is 10.6 Å². The predicted octanol–water partition coefficient (Wildman–Crippen LogP) is 1.15. The number of hydrogen-bond donors (Lipinski definition) is 1. The Labute approximate surface area is 109 Å². The summed E-state index contributed by atoms with van der Waals surface area (Å²) in [6.07, 6.45) is 0. The Bertz CT molecular complexity index is 526. The second-order valence-corrected chi connectivity index (χ2v) is 6.31. The Morgan fingerprint density at radius 1 is 1.28 bits per heavy atom. The highest BCUT2D eigenvalue weighted by atomic mass is 32.2. The molecule has 6 heteroatoms. The molecule has 0 atom stereocenters. The standard InChI is InChI=1S/C12H20N2O3S/c1-9-7-11(13)12(8-10(9)2)18(15,16)14(3)5-6-17-4/h7-8H,5-6,13H2,1-4H3. The van der Waals surface area contributed by atoms with Crippen molar-refractivity contribution in [2.75, 3.05) is 33.0 Å². The van der Waals surface area contributed by atoms with Gasteiger partial charge in [0.1, 0.15) is 4.90 Å². The van der Waals surface area contributed by atoms with Gasteiger partial charge in [0.25, 0.3) is 0 Å². The van der Waals surface area contributed by atoms with E-state index in [1.807, 2.05) is 13.8 Å². The van der Waals surface area contributed by atoms with Gasteiger partial charge >= 0.3 is 0 Å². The number of likely N-dealkylation sites (N-methyl/N-ethyl adjacent to an activating group) is 1. The molecule has 0 aliphatic carbocycles. The molecular formula is C12H20N2O3S. The van der Waals surface area contributed by atoms with E-state index >= 15 is 0 Å². The zero-order chi connectivity index (χ0) is 13.9. The van der Waals surface area contributed by atoms with E-state index in [1.165, 1.54) is 18.5 Å². The minimum absolute atomic E-state index is 0.157. The molecule has 102 valence electrons. The molecular weight excluding hydrogens is 252 g/mol. The molecule has 5 nitrogen and oxygen atoms in total. The van der Waals surface area contributed by atoms with Crippen molar-refractivity contribution in [3.8, 4) is 0 Å². The molecule has 0 fully saturated rings. The van der Waals surface area contributed by atoms with Crippen molar-refractivity contribution < 1.29 is 13.2 Å². The normalized spacial score (nSPS) is 12.1. The molecule has 0 saturated heterocycles. The maximum absolute atomic E-state index is 12.3. The average Bonchev–Trinajstić information content (AvgIpc) is 2.30. The summed E-state index contributed by atoms with van der Waals surface area (Å²) in [6.45, 7) is 4.41. The van der Waals surface area contributed by atoms with Gasteiger partial charge in [0, 0.05) is 20.7 Å². The number of anilines is 1. The molecule has 0 aliphatic rings. The fourth-order valence-corrected chi connectivity index (χ4v) is 2.88. The number of methoxy groups -OCH3 is 1. The summed E-state index contributed by atoms with van der Waals surface area (Å²) in [5, 5.41) is 0. The van der Waals surface area contributed by atoms with E-state index < -0.39 is 10.0 Å². The Kier molecular flexibility index (Phi) is 4.72. The monoisotopic (exact) mass is 272 g/mol. The van der Waals surface area contributed by atoms with Crippen LogP contribution in [0.5, 0.6) is 0 Å². The summed E-state index contributed by atoms with van der Waals surface area (Å²) in [4.78, 5) is 0.157. The molecule has 0 saturated carbocycles. The minimum atomic E-state index is -3.55. The molecule has 2 N–H and O–H groups in total. The van der Waals surface area contributed by atoms with Crippen LogP contribution in [0.3, 0.4) is 0 Å². The van der Waals surface area contributed by atoms with Crippen LogP contribution < -0.4 is 5.73 Å². The van der Waals surface area contributed by atoms with Gasteiger partial charge in [-0.1, -0.05) is 0 Å². The van der Waals surface area contributed by atoms with Crippen LogP contribution in [0.15, 0.2) is 17.0 Å². The van der Waals surface area contributed by atoms with Crippen LogP contribution in [0, 0.1) is 13.8 Å². The number of nitrogens with zero attached hydrogens (tertiary/aromatic N) is 1. The molecule has 0 amide bonds. The Morgan fingerprint density at radius 3 is 2.39 bits per heavy atom. The molecule has 0 aliphatic heterocycles. The van der Waals surface area contributed by atoms with E-state index in [0.29, 0.717) is 13.2 Å². The number of rotatable bonds is 5. The molecule has 0 spiro atoms. The van der Waals surface area contributed by atoms with Gasteiger partial charge in [-0.2, -0.15) is 4.31 Å². The first-order valence-corrected chi connectivity index (χ1v) is 7.06. The quantitative estimate of drug-likeness (QED) is 0.816. The van der Waals surface area contributed by atoms with Crippen molar-refractivity contribution in [2.45, 2.75) is 18.7 Å². The highest BCUT2D eigenvalue weighted by Crippen LogP contribution is 2.25. The largest absolute Gasteiger partial charge is 0.398 e. The number of sulfonamides is 1. The van der Waals surface area contributed by atoms with E-state index in [2.05, 4.69) is 0 Å². The SMILES string of the molecule is COCCN(C)S(=O)(=O)c1cc(C)c(C)cc1N. The molecule has 1 rings (SSSR count). The second-order valence-electron chi connectivity index (χ2n) is 4.29. The lowest BCUT2D eigenvalue weighted by atomic mass is 10.1. The van der Waals surface area contributed by atoms with Crippen molar-refractivity contribution in [1.82, 2.24) is 4.31 Å². The third-order valence-corrected chi connectivity index (χ3v) is 4.84. The number of nitrogen functional groups attached to an aromatic ring is 1. The lowest BCUT2D eigenvalue weighted by Gasteiger charge is -2.18. The van der Waals surface area contributed by atoms with Crippen LogP contribution in [0.25, 0.3) is 0 Å². The topological polar surface area (TPSA) is 72.6 Å². The van der Waals surface area contributed by atoms with Crippen molar-refractivity contribution in [3.63, 3.8) is 0 Å². The maximum atomic E-state index is 12.3. The summed E-state index contributed by atoms with van der Waals surface area (Å²) in [6, 6.07) is 3.30. The van der Waals surface area contributed by atoms with Gasteiger partial charge in [0.15, 0.2) is 0 Å². The van der Waals surface area contributed by atoms with E-state index in [1.54, 1.807) is 12.1 Å². The number of ether oxygens (including phenoxy) is 1. The van der Waals surface area contributed by atoms with Gasteiger partial charge < -0.3 is 10.5 Å². The first-order chi connectivity index (χ1) is 8.30. The molecule has 0 radical (unpaired) electrons. The molecule has 0 aromatic heterocycles. The van der Waals surface area contributed by atoms with Gasteiger partial charge in [-0.05, 0) is 37.1 Å². The van der Waals surface area contributed by atoms with Crippen molar-refractivity contribution in [3.05, 3.63) is 23.3 Å². The van der Waals surface area contributed by atoms with Gasteiger partial charge in [0.2, 0.25) is 10.0 Å². The third kappa shape index (κ3) is 3.01. The Balaban J connectivity index is 3.16. The van der Waals surface area contributed by atoms with Gasteiger partial charge in [-0.25, -0.2) is 8.42 Å². The molecule has 0 unspecified atom stereocenters. The van der Waals surface area contributed by atoms with Crippen LogP contribution in [0.2, 0.25) is 0 Å².